The van der Waals surface area contributed by atoms with Gasteiger partial charge in [0.05, 0.1) is 11.7 Å². The lowest BCUT2D eigenvalue weighted by atomic mass is 10.0. The maximum atomic E-state index is 13.2. The molecule has 20 heavy (non-hydrogen) atoms. The SMILES string of the molecule is CC1CN(CCC(N)c2cccc(F)c2)CC(C)(C)O1. The zero-order valence-electron chi connectivity index (χ0n) is 12.6. The largest absolute Gasteiger partial charge is 0.370 e. The second kappa shape index (κ2) is 6.20. The average Bonchev–Trinajstić information content (AvgIpc) is 2.33. The molecule has 1 fully saturated rings. The lowest BCUT2D eigenvalue weighted by molar-refractivity contribution is -0.128. The highest BCUT2D eigenvalue weighted by atomic mass is 19.1. The molecule has 0 bridgehead atoms. The fraction of sp³-hybridized carbons (Fsp3) is 0.625. The molecule has 1 heterocycles. The van der Waals surface area contributed by atoms with Crippen LogP contribution in [0.5, 0.6) is 0 Å². The molecule has 0 radical (unpaired) electrons. The summed E-state index contributed by atoms with van der Waals surface area (Å²) in [7, 11) is 0. The Morgan fingerprint density at radius 2 is 2.25 bits per heavy atom. The molecule has 1 aromatic carbocycles. The van der Waals surface area contributed by atoms with E-state index in [1.807, 2.05) is 6.07 Å². The summed E-state index contributed by atoms with van der Waals surface area (Å²) in [6.07, 6.45) is 1.07. The highest BCUT2D eigenvalue weighted by molar-refractivity contribution is 5.19. The zero-order chi connectivity index (χ0) is 14.8. The molecule has 2 unspecified atom stereocenters. The number of halogens is 1. The van der Waals surface area contributed by atoms with E-state index in [1.165, 1.54) is 12.1 Å². The number of hydrogen-bond donors (Lipinski definition) is 1. The Balaban J connectivity index is 1.88. The topological polar surface area (TPSA) is 38.5 Å². The minimum Gasteiger partial charge on any atom is -0.370 e. The van der Waals surface area contributed by atoms with Crippen molar-refractivity contribution in [2.24, 2.45) is 5.73 Å². The third-order valence-electron chi connectivity index (χ3n) is 3.67. The van der Waals surface area contributed by atoms with E-state index >= 15 is 0 Å². The number of nitrogens with two attached hydrogens (primary N) is 1. The second-order valence-electron chi connectivity index (χ2n) is 6.37. The Morgan fingerprint density at radius 3 is 2.90 bits per heavy atom. The highest BCUT2D eigenvalue weighted by Crippen LogP contribution is 2.22. The predicted octanol–water partition coefficient (Wildman–Crippen LogP) is 2.71. The van der Waals surface area contributed by atoms with Gasteiger partial charge in [0.15, 0.2) is 0 Å². The van der Waals surface area contributed by atoms with E-state index in [1.54, 1.807) is 6.07 Å². The molecule has 2 atom stereocenters. The van der Waals surface area contributed by atoms with E-state index in [9.17, 15) is 4.39 Å². The summed E-state index contributed by atoms with van der Waals surface area (Å²) < 4.78 is 19.1. The number of ether oxygens (including phenoxy) is 1. The van der Waals surface area contributed by atoms with Crippen LogP contribution in [0.15, 0.2) is 24.3 Å². The first kappa shape index (κ1) is 15.4. The van der Waals surface area contributed by atoms with Crippen LogP contribution < -0.4 is 5.73 Å². The molecule has 4 heteroatoms. The molecule has 2 N–H and O–H groups in total. The monoisotopic (exact) mass is 280 g/mol. The van der Waals surface area contributed by atoms with Crippen molar-refractivity contribution in [3.05, 3.63) is 35.6 Å². The predicted molar refractivity (Wildman–Crippen MR) is 79.0 cm³/mol. The van der Waals surface area contributed by atoms with Gasteiger partial charge in [0, 0.05) is 25.7 Å². The highest BCUT2D eigenvalue weighted by Gasteiger charge is 2.31. The van der Waals surface area contributed by atoms with Crippen molar-refractivity contribution in [1.82, 2.24) is 4.90 Å². The number of hydrogen-bond acceptors (Lipinski definition) is 3. The summed E-state index contributed by atoms with van der Waals surface area (Å²) in [6.45, 7) is 9.08. The Kier molecular flexibility index (Phi) is 4.78. The van der Waals surface area contributed by atoms with Crippen LogP contribution >= 0.6 is 0 Å². The van der Waals surface area contributed by atoms with Gasteiger partial charge in [-0.15, -0.1) is 0 Å². The van der Waals surface area contributed by atoms with Crippen molar-refractivity contribution in [3.63, 3.8) is 0 Å². The fourth-order valence-corrected chi connectivity index (χ4v) is 2.98. The molecule has 3 nitrogen and oxygen atoms in total. The van der Waals surface area contributed by atoms with Crippen LogP contribution in [0.2, 0.25) is 0 Å². The second-order valence-corrected chi connectivity index (χ2v) is 6.37. The lowest BCUT2D eigenvalue weighted by Crippen LogP contribution is -2.52. The average molecular weight is 280 g/mol. The van der Waals surface area contributed by atoms with Gasteiger partial charge >= 0.3 is 0 Å². The standard InChI is InChI=1S/C16H25FN2O/c1-12-10-19(11-16(2,3)20-12)8-7-15(18)13-5-4-6-14(17)9-13/h4-6,9,12,15H,7-8,10-11,18H2,1-3H3. The van der Waals surface area contributed by atoms with E-state index in [-0.39, 0.29) is 23.6 Å². The Morgan fingerprint density at radius 1 is 1.50 bits per heavy atom. The molecule has 112 valence electrons. The molecule has 1 aliphatic rings. The van der Waals surface area contributed by atoms with Gasteiger partial charge in [0.2, 0.25) is 0 Å². The van der Waals surface area contributed by atoms with Crippen LogP contribution in [0.1, 0.15) is 38.8 Å². The smallest absolute Gasteiger partial charge is 0.123 e. The first-order chi connectivity index (χ1) is 9.35. The molecule has 1 aliphatic heterocycles. The van der Waals surface area contributed by atoms with Gasteiger partial charge in [0.25, 0.3) is 0 Å². The quantitative estimate of drug-likeness (QED) is 0.921. The third-order valence-corrected chi connectivity index (χ3v) is 3.67. The summed E-state index contributed by atoms with van der Waals surface area (Å²) in [6, 6.07) is 6.45. The number of benzene rings is 1. The van der Waals surface area contributed by atoms with Crippen molar-refractivity contribution in [2.45, 2.75) is 44.9 Å². The van der Waals surface area contributed by atoms with Crippen LogP contribution in [0.4, 0.5) is 4.39 Å². The summed E-state index contributed by atoms with van der Waals surface area (Å²) in [5.41, 5.74) is 6.91. The number of morpholine rings is 1. The van der Waals surface area contributed by atoms with Crippen molar-refractivity contribution < 1.29 is 9.13 Å². The van der Waals surface area contributed by atoms with E-state index in [0.29, 0.717) is 0 Å². The van der Waals surface area contributed by atoms with Gasteiger partial charge in [-0.05, 0) is 44.9 Å². The van der Waals surface area contributed by atoms with E-state index in [4.69, 9.17) is 10.5 Å². The first-order valence-corrected chi connectivity index (χ1v) is 7.27. The Bertz CT molecular complexity index is 450. The maximum Gasteiger partial charge on any atom is 0.123 e. The van der Waals surface area contributed by atoms with Crippen molar-refractivity contribution in [2.75, 3.05) is 19.6 Å². The summed E-state index contributed by atoms with van der Waals surface area (Å²) >= 11 is 0. The van der Waals surface area contributed by atoms with Crippen molar-refractivity contribution >= 4 is 0 Å². The van der Waals surface area contributed by atoms with Gasteiger partial charge < -0.3 is 10.5 Å². The first-order valence-electron chi connectivity index (χ1n) is 7.27. The van der Waals surface area contributed by atoms with Gasteiger partial charge in [-0.3, -0.25) is 4.90 Å². The van der Waals surface area contributed by atoms with Gasteiger partial charge in [-0.2, -0.15) is 0 Å². The minimum atomic E-state index is -0.223. The molecular weight excluding hydrogens is 255 g/mol. The maximum absolute atomic E-state index is 13.2. The lowest BCUT2D eigenvalue weighted by Gasteiger charge is -2.42. The third kappa shape index (κ3) is 4.27. The van der Waals surface area contributed by atoms with Gasteiger partial charge in [-0.25, -0.2) is 4.39 Å². The summed E-state index contributed by atoms with van der Waals surface area (Å²) in [5.74, 6) is -0.223. The van der Waals surface area contributed by atoms with Crippen molar-refractivity contribution in [1.29, 1.82) is 0 Å². The molecule has 0 amide bonds. The Hall–Kier alpha value is -0.970. The molecule has 1 aromatic rings. The zero-order valence-corrected chi connectivity index (χ0v) is 12.6. The van der Waals surface area contributed by atoms with E-state index < -0.39 is 0 Å². The molecule has 0 spiro atoms. The number of rotatable bonds is 4. The molecule has 2 rings (SSSR count). The molecule has 0 aromatic heterocycles. The van der Waals surface area contributed by atoms with Crippen LogP contribution in [0.25, 0.3) is 0 Å². The Labute approximate surface area is 120 Å². The van der Waals surface area contributed by atoms with Gasteiger partial charge in [0.1, 0.15) is 5.82 Å². The van der Waals surface area contributed by atoms with E-state index in [2.05, 4.69) is 25.7 Å². The molecule has 0 saturated carbocycles. The van der Waals surface area contributed by atoms with Gasteiger partial charge in [-0.1, -0.05) is 12.1 Å². The van der Waals surface area contributed by atoms with Crippen LogP contribution in [-0.4, -0.2) is 36.2 Å². The summed E-state index contributed by atoms with van der Waals surface area (Å²) in [5, 5.41) is 0. The van der Waals surface area contributed by atoms with E-state index in [0.717, 1.165) is 31.6 Å². The summed E-state index contributed by atoms with van der Waals surface area (Å²) in [4.78, 5) is 2.38. The molecule has 1 saturated heterocycles. The van der Waals surface area contributed by atoms with Crippen LogP contribution in [0, 0.1) is 5.82 Å². The molecule has 0 aliphatic carbocycles. The number of nitrogens with zero attached hydrogens (tertiary/aromatic N) is 1. The normalized spacial score (nSPS) is 24.6. The minimum absolute atomic E-state index is 0.110. The van der Waals surface area contributed by atoms with Crippen LogP contribution in [0.3, 0.4) is 0 Å². The molecular formula is C16H25FN2O. The van der Waals surface area contributed by atoms with Crippen LogP contribution in [-0.2, 0) is 4.74 Å². The van der Waals surface area contributed by atoms with Crippen molar-refractivity contribution in [3.8, 4) is 0 Å². The fourth-order valence-electron chi connectivity index (χ4n) is 2.98.